The molecule has 1 aliphatic rings. The summed E-state index contributed by atoms with van der Waals surface area (Å²) in [6, 6.07) is 1.82. The van der Waals surface area contributed by atoms with Gasteiger partial charge in [0, 0.05) is 25.5 Å². The first-order valence-corrected chi connectivity index (χ1v) is 6.55. The second-order valence-corrected chi connectivity index (χ2v) is 5.69. The van der Waals surface area contributed by atoms with Crippen molar-refractivity contribution in [1.29, 1.82) is 0 Å². The molecule has 0 bridgehead atoms. The molecule has 0 amide bonds. The SMILES string of the molecule is CC1(C)CCN(c2nc(NN)nc(-n3cccn3)n2)C1. The van der Waals surface area contributed by atoms with Crippen LogP contribution in [0.3, 0.4) is 0 Å². The van der Waals surface area contributed by atoms with Crippen LogP contribution in [0.25, 0.3) is 5.95 Å². The van der Waals surface area contributed by atoms with Crippen LogP contribution in [0.5, 0.6) is 0 Å². The van der Waals surface area contributed by atoms with Gasteiger partial charge in [-0.25, -0.2) is 10.5 Å². The van der Waals surface area contributed by atoms with Gasteiger partial charge in [-0.3, -0.25) is 5.43 Å². The Morgan fingerprint density at radius 3 is 2.65 bits per heavy atom. The fourth-order valence-electron chi connectivity index (χ4n) is 2.33. The van der Waals surface area contributed by atoms with Crippen LogP contribution in [0.4, 0.5) is 11.9 Å². The van der Waals surface area contributed by atoms with E-state index in [1.165, 1.54) is 0 Å². The molecule has 1 aliphatic heterocycles. The van der Waals surface area contributed by atoms with Crippen molar-refractivity contribution in [2.24, 2.45) is 11.3 Å². The van der Waals surface area contributed by atoms with E-state index in [9.17, 15) is 0 Å². The molecule has 8 nitrogen and oxygen atoms in total. The first kappa shape index (κ1) is 12.8. The van der Waals surface area contributed by atoms with Crippen LogP contribution in [0.15, 0.2) is 18.5 Å². The molecule has 0 radical (unpaired) electrons. The minimum absolute atomic E-state index is 0.273. The van der Waals surface area contributed by atoms with Crippen molar-refractivity contribution in [3.8, 4) is 5.95 Å². The topological polar surface area (TPSA) is 97.8 Å². The second-order valence-electron chi connectivity index (χ2n) is 5.69. The molecule has 0 spiro atoms. The van der Waals surface area contributed by atoms with Gasteiger partial charge in [-0.15, -0.1) is 0 Å². The van der Waals surface area contributed by atoms with Crippen molar-refractivity contribution < 1.29 is 0 Å². The van der Waals surface area contributed by atoms with E-state index in [0.717, 1.165) is 19.5 Å². The van der Waals surface area contributed by atoms with Crippen LogP contribution in [-0.4, -0.2) is 37.8 Å². The summed E-state index contributed by atoms with van der Waals surface area (Å²) in [5.41, 5.74) is 2.76. The smallest absolute Gasteiger partial charge is 0.257 e. The third-order valence-electron chi connectivity index (χ3n) is 3.41. The number of hydrogen-bond acceptors (Lipinski definition) is 7. The Bertz CT molecular complexity index is 592. The summed E-state index contributed by atoms with van der Waals surface area (Å²) < 4.78 is 1.59. The number of nitrogens with one attached hydrogen (secondary N) is 1. The zero-order chi connectivity index (χ0) is 14.2. The molecular formula is C12H18N8. The first-order valence-electron chi connectivity index (χ1n) is 6.55. The fraction of sp³-hybridized carbons (Fsp3) is 0.500. The van der Waals surface area contributed by atoms with Gasteiger partial charge in [-0.2, -0.15) is 20.1 Å². The molecule has 2 aromatic rings. The van der Waals surface area contributed by atoms with Crippen LogP contribution >= 0.6 is 0 Å². The second kappa shape index (κ2) is 4.71. The van der Waals surface area contributed by atoms with Crippen LogP contribution < -0.4 is 16.2 Å². The van der Waals surface area contributed by atoms with Crippen molar-refractivity contribution in [3.05, 3.63) is 18.5 Å². The third-order valence-corrected chi connectivity index (χ3v) is 3.41. The lowest BCUT2D eigenvalue weighted by Gasteiger charge is -2.20. The average molecular weight is 274 g/mol. The monoisotopic (exact) mass is 274 g/mol. The van der Waals surface area contributed by atoms with Crippen LogP contribution in [0.1, 0.15) is 20.3 Å². The van der Waals surface area contributed by atoms with Gasteiger partial charge in [0.25, 0.3) is 5.95 Å². The molecule has 1 saturated heterocycles. The number of nitrogen functional groups attached to an aromatic ring is 1. The van der Waals surface area contributed by atoms with E-state index in [1.807, 2.05) is 6.07 Å². The molecular weight excluding hydrogens is 256 g/mol. The Morgan fingerprint density at radius 1 is 1.25 bits per heavy atom. The molecule has 2 aromatic heterocycles. The Kier molecular flexibility index (Phi) is 3.01. The molecule has 3 rings (SSSR count). The highest BCUT2D eigenvalue weighted by atomic mass is 15.4. The zero-order valence-electron chi connectivity index (χ0n) is 11.6. The van der Waals surface area contributed by atoms with Gasteiger partial charge in [-0.1, -0.05) is 13.8 Å². The molecule has 20 heavy (non-hydrogen) atoms. The summed E-state index contributed by atoms with van der Waals surface area (Å²) in [5, 5.41) is 4.13. The van der Waals surface area contributed by atoms with Crippen LogP contribution in [0, 0.1) is 5.41 Å². The molecule has 1 fully saturated rings. The maximum absolute atomic E-state index is 5.44. The van der Waals surface area contributed by atoms with E-state index in [0.29, 0.717) is 17.8 Å². The summed E-state index contributed by atoms with van der Waals surface area (Å²) in [6.45, 7) is 6.33. The van der Waals surface area contributed by atoms with Crippen molar-refractivity contribution >= 4 is 11.9 Å². The number of hydrogen-bond donors (Lipinski definition) is 2. The number of rotatable bonds is 3. The highest BCUT2D eigenvalue weighted by molar-refractivity contribution is 5.40. The van der Waals surface area contributed by atoms with Gasteiger partial charge in [0.1, 0.15) is 0 Å². The largest absolute Gasteiger partial charge is 0.340 e. The van der Waals surface area contributed by atoms with Gasteiger partial charge in [0.05, 0.1) is 0 Å². The summed E-state index contributed by atoms with van der Waals surface area (Å²) >= 11 is 0. The van der Waals surface area contributed by atoms with Gasteiger partial charge >= 0.3 is 0 Å². The minimum atomic E-state index is 0.273. The molecule has 0 atom stereocenters. The summed E-state index contributed by atoms with van der Waals surface area (Å²) in [5.74, 6) is 6.87. The van der Waals surface area contributed by atoms with Crippen molar-refractivity contribution in [2.45, 2.75) is 20.3 Å². The number of anilines is 2. The number of aromatic nitrogens is 5. The molecule has 3 N–H and O–H groups in total. The fourth-order valence-corrected chi connectivity index (χ4v) is 2.33. The normalized spacial score (nSPS) is 17.4. The van der Waals surface area contributed by atoms with Gasteiger partial charge in [-0.05, 0) is 17.9 Å². The van der Waals surface area contributed by atoms with E-state index < -0.39 is 0 Å². The Balaban J connectivity index is 1.97. The molecule has 0 unspecified atom stereocenters. The molecule has 3 heterocycles. The van der Waals surface area contributed by atoms with E-state index in [4.69, 9.17) is 5.84 Å². The molecule has 8 heteroatoms. The third kappa shape index (κ3) is 2.42. The van der Waals surface area contributed by atoms with E-state index in [2.05, 4.69) is 44.2 Å². The van der Waals surface area contributed by atoms with Gasteiger partial charge in [0.2, 0.25) is 11.9 Å². The molecule has 106 valence electrons. The number of hydrazine groups is 1. The predicted molar refractivity (Wildman–Crippen MR) is 75.4 cm³/mol. The Labute approximate surface area is 117 Å². The molecule has 0 aliphatic carbocycles. The first-order chi connectivity index (χ1) is 9.57. The quantitative estimate of drug-likeness (QED) is 0.624. The lowest BCUT2D eigenvalue weighted by atomic mass is 9.93. The number of nitrogens with zero attached hydrogens (tertiary/aromatic N) is 6. The highest BCUT2D eigenvalue weighted by Gasteiger charge is 2.31. The lowest BCUT2D eigenvalue weighted by Crippen LogP contribution is -2.26. The maximum Gasteiger partial charge on any atom is 0.257 e. The summed E-state index contributed by atoms with van der Waals surface area (Å²) in [6.07, 6.45) is 4.58. The maximum atomic E-state index is 5.44. The minimum Gasteiger partial charge on any atom is -0.340 e. The number of nitrogens with two attached hydrogens (primary N) is 1. The van der Waals surface area contributed by atoms with Crippen molar-refractivity contribution in [3.63, 3.8) is 0 Å². The van der Waals surface area contributed by atoms with Crippen molar-refractivity contribution in [1.82, 2.24) is 24.7 Å². The summed E-state index contributed by atoms with van der Waals surface area (Å²) in [7, 11) is 0. The Hall–Kier alpha value is -2.22. The highest BCUT2D eigenvalue weighted by Crippen LogP contribution is 2.31. The van der Waals surface area contributed by atoms with E-state index in [-0.39, 0.29) is 5.41 Å². The van der Waals surface area contributed by atoms with Gasteiger partial charge < -0.3 is 4.90 Å². The predicted octanol–water partition coefficient (Wildman–Crippen LogP) is 0.579. The summed E-state index contributed by atoms with van der Waals surface area (Å²) in [4.78, 5) is 15.2. The van der Waals surface area contributed by atoms with Crippen LogP contribution in [-0.2, 0) is 0 Å². The molecule has 0 saturated carbocycles. The average Bonchev–Trinajstić information content (AvgIpc) is 3.07. The van der Waals surface area contributed by atoms with Crippen LogP contribution in [0.2, 0.25) is 0 Å². The van der Waals surface area contributed by atoms with E-state index >= 15 is 0 Å². The standard InChI is InChI=1S/C12H18N8/c1-12(2)4-7-19(8-12)10-15-9(18-13)16-11(17-10)20-6-3-5-14-20/h3,5-6H,4,7-8,13H2,1-2H3,(H,15,16,17,18). The zero-order valence-corrected chi connectivity index (χ0v) is 11.6. The molecule has 0 aromatic carbocycles. The van der Waals surface area contributed by atoms with Crippen molar-refractivity contribution in [2.75, 3.05) is 23.4 Å². The van der Waals surface area contributed by atoms with E-state index in [1.54, 1.807) is 17.1 Å². The Morgan fingerprint density at radius 2 is 2.05 bits per heavy atom. The lowest BCUT2D eigenvalue weighted by molar-refractivity contribution is 0.418. The van der Waals surface area contributed by atoms with Gasteiger partial charge in [0.15, 0.2) is 0 Å².